The van der Waals surface area contributed by atoms with Crippen LogP contribution in [0.3, 0.4) is 0 Å². The van der Waals surface area contributed by atoms with Gasteiger partial charge in [0.1, 0.15) is 12.9 Å². The number of nitrogens with zero attached hydrogens (tertiary/aromatic N) is 1. The van der Waals surface area contributed by atoms with Crippen LogP contribution in [0.15, 0.2) is 30.5 Å². The molecule has 0 aliphatic heterocycles. The molecular weight excluding hydrogens is 166 g/mol. The molecule has 0 bridgehead atoms. The molecule has 70 valence electrons. The molecule has 0 aliphatic rings. The number of phenolic OH excluding ortho intramolecular Hbond substituents is 1. The molecular formula is C10H13NO2. The lowest BCUT2D eigenvalue weighted by Gasteiger charge is -2.01. The van der Waals surface area contributed by atoms with Gasteiger partial charge in [-0.1, -0.05) is 7.43 Å². The van der Waals surface area contributed by atoms with Crippen LogP contribution in [0, 0.1) is 0 Å². The fourth-order valence-electron chi connectivity index (χ4n) is 1.25. The van der Waals surface area contributed by atoms with Gasteiger partial charge >= 0.3 is 0 Å². The van der Waals surface area contributed by atoms with Gasteiger partial charge in [-0.15, -0.1) is 0 Å². The van der Waals surface area contributed by atoms with Gasteiger partial charge in [-0.2, -0.15) is 4.73 Å². The first kappa shape index (κ1) is 9.45. The van der Waals surface area contributed by atoms with E-state index in [1.165, 1.54) is 0 Å². The van der Waals surface area contributed by atoms with E-state index in [1.54, 1.807) is 24.0 Å². The Morgan fingerprint density at radius 1 is 1.31 bits per heavy atom. The second-order valence-corrected chi connectivity index (χ2v) is 2.57. The van der Waals surface area contributed by atoms with Crippen molar-refractivity contribution < 1.29 is 9.94 Å². The second-order valence-electron chi connectivity index (χ2n) is 2.57. The molecule has 0 aliphatic carbocycles. The van der Waals surface area contributed by atoms with E-state index in [1.807, 2.05) is 18.3 Å². The lowest BCUT2D eigenvalue weighted by atomic mass is 10.2. The molecule has 0 atom stereocenters. The van der Waals surface area contributed by atoms with Crippen molar-refractivity contribution in [3.05, 3.63) is 30.5 Å². The van der Waals surface area contributed by atoms with Crippen LogP contribution in [0.5, 0.6) is 5.75 Å². The largest absolute Gasteiger partial charge is 0.508 e. The fourth-order valence-corrected chi connectivity index (χ4v) is 1.25. The van der Waals surface area contributed by atoms with Gasteiger partial charge in [0.25, 0.3) is 0 Å². The molecule has 1 aromatic carbocycles. The van der Waals surface area contributed by atoms with Crippen molar-refractivity contribution in [2.45, 2.75) is 7.43 Å². The smallest absolute Gasteiger partial charge is 0.117 e. The van der Waals surface area contributed by atoms with Gasteiger partial charge in [0.2, 0.25) is 0 Å². The maximum Gasteiger partial charge on any atom is 0.117 e. The van der Waals surface area contributed by atoms with Crippen LogP contribution in [0.4, 0.5) is 0 Å². The summed E-state index contributed by atoms with van der Waals surface area (Å²) in [5.74, 6) is 0.250. The Bertz CT molecular complexity index is 406. The van der Waals surface area contributed by atoms with E-state index in [2.05, 4.69) is 0 Å². The van der Waals surface area contributed by atoms with E-state index in [9.17, 15) is 5.11 Å². The number of benzene rings is 1. The van der Waals surface area contributed by atoms with Crippen molar-refractivity contribution in [1.82, 2.24) is 4.73 Å². The Morgan fingerprint density at radius 3 is 2.77 bits per heavy atom. The van der Waals surface area contributed by atoms with Gasteiger partial charge < -0.3 is 9.94 Å². The molecule has 1 heterocycles. The number of rotatable bonds is 1. The van der Waals surface area contributed by atoms with E-state index in [0.717, 1.165) is 10.9 Å². The quantitative estimate of drug-likeness (QED) is 0.727. The molecule has 0 amide bonds. The van der Waals surface area contributed by atoms with Crippen molar-refractivity contribution in [2.75, 3.05) is 7.11 Å². The zero-order valence-corrected chi connectivity index (χ0v) is 6.69. The molecule has 2 rings (SSSR count). The molecule has 0 spiro atoms. The van der Waals surface area contributed by atoms with Crippen LogP contribution in [0.1, 0.15) is 7.43 Å². The highest BCUT2D eigenvalue weighted by atomic mass is 16.6. The fraction of sp³-hybridized carbons (Fsp3) is 0.200. The van der Waals surface area contributed by atoms with Crippen molar-refractivity contribution in [3.63, 3.8) is 0 Å². The molecule has 0 unspecified atom stereocenters. The van der Waals surface area contributed by atoms with Gasteiger partial charge in [-0.3, -0.25) is 0 Å². The Labute approximate surface area is 77.1 Å². The first-order valence-corrected chi connectivity index (χ1v) is 3.66. The zero-order valence-electron chi connectivity index (χ0n) is 6.69. The van der Waals surface area contributed by atoms with Gasteiger partial charge in [0.05, 0.1) is 5.52 Å². The predicted octanol–water partition coefficient (Wildman–Crippen LogP) is 2.04. The van der Waals surface area contributed by atoms with Gasteiger partial charge in [-0.05, 0) is 18.2 Å². The Balaban J connectivity index is 0.000000845. The molecule has 0 saturated carbocycles. The lowest BCUT2D eigenvalue weighted by Crippen LogP contribution is -2.02. The van der Waals surface area contributed by atoms with Crippen molar-refractivity contribution in [2.24, 2.45) is 0 Å². The minimum atomic E-state index is 0. The summed E-state index contributed by atoms with van der Waals surface area (Å²) in [5.41, 5.74) is 0.873. The van der Waals surface area contributed by atoms with E-state index < -0.39 is 0 Å². The topological polar surface area (TPSA) is 34.4 Å². The highest BCUT2D eigenvalue weighted by Crippen LogP contribution is 2.19. The molecule has 0 saturated heterocycles. The summed E-state index contributed by atoms with van der Waals surface area (Å²) >= 11 is 0. The molecule has 0 fully saturated rings. The summed E-state index contributed by atoms with van der Waals surface area (Å²) in [5, 5.41) is 10.3. The van der Waals surface area contributed by atoms with Crippen LogP contribution in [0.25, 0.3) is 10.9 Å². The van der Waals surface area contributed by atoms with Crippen LogP contribution in [-0.2, 0) is 0 Å². The summed E-state index contributed by atoms with van der Waals surface area (Å²) in [6, 6.07) is 7.10. The minimum absolute atomic E-state index is 0. The monoisotopic (exact) mass is 179 g/mol. The number of phenols is 1. The Hall–Kier alpha value is -1.64. The number of hydrogen-bond acceptors (Lipinski definition) is 2. The van der Waals surface area contributed by atoms with E-state index >= 15 is 0 Å². The molecule has 1 aromatic heterocycles. The van der Waals surface area contributed by atoms with Gasteiger partial charge in [-0.25, -0.2) is 0 Å². The molecule has 13 heavy (non-hydrogen) atoms. The third kappa shape index (κ3) is 1.45. The summed E-state index contributed by atoms with van der Waals surface area (Å²) in [4.78, 5) is 5.03. The summed E-state index contributed by atoms with van der Waals surface area (Å²) in [6.45, 7) is 0. The number of aromatic nitrogens is 1. The summed E-state index contributed by atoms with van der Waals surface area (Å²) in [7, 11) is 1.59. The van der Waals surface area contributed by atoms with Crippen molar-refractivity contribution >= 4 is 10.9 Å². The molecule has 1 N–H and O–H groups in total. The summed E-state index contributed by atoms with van der Waals surface area (Å²) in [6.07, 6.45) is 1.81. The lowest BCUT2D eigenvalue weighted by molar-refractivity contribution is 0.179. The Kier molecular flexibility index (Phi) is 2.46. The number of fused-ring (bicyclic) bond motifs is 1. The highest BCUT2D eigenvalue weighted by Gasteiger charge is 2.00. The normalized spacial score (nSPS) is 9.62. The third-order valence-electron chi connectivity index (χ3n) is 1.84. The molecule has 0 radical (unpaired) electrons. The first-order valence-electron chi connectivity index (χ1n) is 3.66. The standard InChI is InChI=1S/C9H9NO2.CH4/c1-12-10-5-4-7-2-3-8(11)6-9(7)10;/h2-6,11H,1H3;1H4. The zero-order chi connectivity index (χ0) is 8.55. The van der Waals surface area contributed by atoms with E-state index in [0.29, 0.717) is 0 Å². The number of hydrogen-bond donors (Lipinski definition) is 1. The van der Waals surface area contributed by atoms with Crippen molar-refractivity contribution in [3.8, 4) is 5.75 Å². The molecule has 2 aromatic rings. The SMILES string of the molecule is C.COn1ccc2ccc(O)cc21. The van der Waals surface area contributed by atoms with Crippen LogP contribution < -0.4 is 4.84 Å². The van der Waals surface area contributed by atoms with E-state index in [-0.39, 0.29) is 13.2 Å². The average Bonchev–Trinajstić information content (AvgIpc) is 2.46. The van der Waals surface area contributed by atoms with E-state index in [4.69, 9.17) is 4.84 Å². The summed E-state index contributed by atoms with van der Waals surface area (Å²) < 4.78 is 1.61. The molecule has 3 heteroatoms. The first-order chi connectivity index (χ1) is 5.81. The number of aromatic hydroxyl groups is 1. The molecule has 3 nitrogen and oxygen atoms in total. The van der Waals surface area contributed by atoms with Gasteiger partial charge in [0.15, 0.2) is 0 Å². The predicted molar refractivity (Wildman–Crippen MR) is 52.8 cm³/mol. The third-order valence-corrected chi connectivity index (χ3v) is 1.84. The Morgan fingerprint density at radius 2 is 2.08 bits per heavy atom. The maximum atomic E-state index is 9.20. The second kappa shape index (κ2) is 3.39. The van der Waals surface area contributed by atoms with Crippen LogP contribution in [0.2, 0.25) is 0 Å². The van der Waals surface area contributed by atoms with Gasteiger partial charge in [0, 0.05) is 17.6 Å². The van der Waals surface area contributed by atoms with Crippen molar-refractivity contribution in [1.29, 1.82) is 0 Å². The minimum Gasteiger partial charge on any atom is -0.508 e. The van der Waals surface area contributed by atoms with Crippen LogP contribution >= 0.6 is 0 Å². The highest BCUT2D eigenvalue weighted by molar-refractivity contribution is 5.81. The maximum absolute atomic E-state index is 9.20. The average molecular weight is 179 g/mol. The van der Waals surface area contributed by atoms with Crippen LogP contribution in [-0.4, -0.2) is 16.9 Å².